The Morgan fingerprint density at radius 1 is 1.19 bits per heavy atom. The lowest BCUT2D eigenvalue weighted by Crippen LogP contribution is -2.38. The third-order valence-electron chi connectivity index (χ3n) is 4.55. The Kier molecular flexibility index (Phi) is 5.40. The third kappa shape index (κ3) is 3.79. The molecule has 0 spiro atoms. The number of benzene rings is 1. The van der Waals surface area contributed by atoms with Crippen LogP contribution < -0.4 is 9.47 Å². The minimum atomic E-state index is -0.162. The van der Waals surface area contributed by atoms with Gasteiger partial charge in [-0.15, -0.1) is 0 Å². The quantitative estimate of drug-likeness (QED) is 0.598. The van der Waals surface area contributed by atoms with E-state index in [-0.39, 0.29) is 17.5 Å². The van der Waals surface area contributed by atoms with E-state index >= 15 is 0 Å². The fourth-order valence-electron chi connectivity index (χ4n) is 3.11. The highest BCUT2D eigenvalue weighted by atomic mass is 16.5. The first kappa shape index (κ1) is 18.2. The average Bonchev–Trinajstić information content (AvgIpc) is 2.97. The highest BCUT2D eigenvalue weighted by molar-refractivity contribution is 6.14. The minimum absolute atomic E-state index is 0.0469. The molecule has 0 saturated carbocycles. The van der Waals surface area contributed by atoms with E-state index in [0.717, 1.165) is 5.57 Å². The second-order valence-corrected chi connectivity index (χ2v) is 6.76. The molecule has 0 radical (unpaired) electrons. The molecule has 1 aromatic rings. The maximum atomic E-state index is 12.5. The number of ether oxygens (including phenoxy) is 2. The molecule has 3 rings (SSSR count). The van der Waals surface area contributed by atoms with E-state index in [0.29, 0.717) is 68.2 Å². The molecule has 0 bridgehead atoms. The predicted octanol–water partition coefficient (Wildman–Crippen LogP) is 2.91. The summed E-state index contributed by atoms with van der Waals surface area (Å²) in [6.07, 6.45) is 1.82. The molecule has 1 aromatic carbocycles. The summed E-state index contributed by atoms with van der Waals surface area (Å²) in [6.45, 7) is 5.04. The van der Waals surface area contributed by atoms with Crippen molar-refractivity contribution in [1.29, 1.82) is 0 Å². The van der Waals surface area contributed by atoms with Gasteiger partial charge < -0.3 is 14.4 Å². The van der Waals surface area contributed by atoms with Crippen molar-refractivity contribution >= 4 is 17.5 Å². The lowest BCUT2D eigenvalue weighted by Gasteiger charge is -2.26. The summed E-state index contributed by atoms with van der Waals surface area (Å²) in [5.41, 5.74) is 1.27. The van der Waals surface area contributed by atoms with Gasteiger partial charge in [0.05, 0.1) is 6.61 Å². The van der Waals surface area contributed by atoms with Crippen LogP contribution in [0.2, 0.25) is 0 Å². The smallest absolute Gasteiger partial charge is 0.235 e. The minimum Gasteiger partial charge on any atom is -0.493 e. The van der Waals surface area contributed by atoms with E-state index in [1.807, 2.05) is 13.8 Å². The molecule has 2 aliphatic rings. The van der Waals surface area contributed by atoms with Gasteiger partial charge in [0.2, 0.25) is 11.7 Å². The fraction of sp³-hybridized carbons (Fsp3) is 0.450. The van der Waals surface area contributed by atoms with Gasteiger partial charge in [0.25, 0.3) is 0 Å². The number of hydrogen-bond acceptors (Lipinski definition) is 5. The maximum absolute atomic E-state index is 12.5. The molecule has 0 aromatic heterocycles. The number of fused-ring (bicyclic) bond motifs is 1. The molecule has 138 valence electrons. The van der Waals surface area contributed by atoms with Crippen LogP contribution in [0.4, 0.5) is 0 Å². The normalized spacial score (nSPS) is 16.4. The van der Waals surface area contributed by atoms with Gasteiger partial charge >= 0.3 is 0 Å². The molecule has 26 heavy (non-hydrogen) atoms. The molecule has 0 unspecified atom stereocenters. The van der Waals surface area contributed by atoms with Crippen LogP contribution in [0.3, 0.4) is 0 Å². The molecule has 0 aliphatic carbocycles. The summed E-state index contributed by atoms with van der Waals surface area (Å²) in [5, 5.41) is 0. The van der Waals surface area contributed by atoms with E-state index in [9.17, 15) is 14.4 Å². The number of likely N-dealkylation sites (tertiary alicyclic amines) is 1. The molecule has 0 atom stereocenters. The Hall–Kier alpha value is -2.63. The molecule has 6 heteroatoms. The van der Waals surface area contributed by atoms with Crippen LogP contribution in [-0.4, -0.2) is 42.1 Å². The molecule has 2 aliphatic heterocycles. The Balaban J connectivity index is 1.53. The third-order valence-corrected chi connectivity index (χ3v) is 4.55. The molecule has 1 saturated heterocycles. The summed E-state index contributed by atoms with van der Waals surface area (Å²) in [6, 6.07) is 5.27. The van der Waals surface area contributed by atoms with Gasteiger partial charge in [0, 0.05) is 32.4 Å². The van der Waals surface area contributed by atoms with Crippen LogP contribution in [0.25, 0.3) is 0 Å². The Morgan fingerprint density at radius 3 is 2.62 bits per heavy atom. The largest absolute Gasteiger partial charge is 0.493 e. The summed E-state index contributed by atoms with van der Waals surface area (Å²) in [7, 11) is 0. The number of nitrogens with zero attached hydrogens (tertiary/aromatic N) is 1. The summed E-state index contributed by atoms with van der Waals surface area (Å²) < 4.78 is 11.4. The zero-order valence-electron chi connectivity index (χ0n) is 15.2. The zero-order chi connectivity index (χ0) is 18.7. The SMILES string of the molecule is CC(C)=C1Oc2cccc(OCCCC(=O)N3CCC(=O)CC3)c2C1=O. The van der Waals surface area contributed by atoms with Gasteiger partial charge in [-0.25, -0.2) is 0 Å². The number of ketones is 2. The van der Waals surface area contributed by atoms with Gasteiger partial charge in [-0.2, -0.15) is 0 Å². The predicted molar refractivity (Wildman–Crippen MR) is 95.3 cm³/mol. The van der Waals surface area contributed by atoms with Crippen LogP contribution in [0, 0.1) is 0 Å². The lowest BCUT2D eigenvalue weighted by molar-refractivity contribution is -0.134. The van der Waals surface area contributed by atoms with Crippen molar-refractivity contribution in [3.05, 3.63) is 35.1 Å². The second-order valence-electron chi connectivity index (χ2n) is 6.76. The van der Waals surface area contributed by atoms with E-state index in [4.69, 9.17) is 9.47 Å². The Bertz CT molecular complexity index is 766. The lowest BCUT2D eigenvalue weighted by atomic mass is 10.1. The highest BCUT2D eigenvalue weighted by Gasteiger charge is 2.31. The van der Waals surface area contributed by atoms with Gasteiger partial charge in [0.1, 0.15) is 22.8 Å². The van der Waals surface area contributed by atoms with Gasteiger partial charge in [-0.1, -0.05) is 6.07 Å². The molecule has 6 nitrogen and oxygen atoms in total. The van der Waals surface area contributed by atoms with Crippen LogP contribution in [-0.2, 0) is 9.59 Å². The summed E-state index contributed by atoms with van der Waals surface area (Å²) >= 11 is 0. The molecule has 1 amide bonds. The zero-order valence-corrected chi connectivity index (χ0v) is 15.2. The van der Waals surface area contributed by atoms with Crippen molar-refractivity contribution in [2.45, 2.75) is 39.5 Å². The van der Waals surface area contributed by atoms with Crippen molar-refractivity contribution in [3.63, 3.8) is 0 Å². The molecular weight excluding hydrogens is 334 g/mol. The van der Waals surface area contributed by atoms with Crippen molar-refractivity contribution in [1.82, 2.24) is 4.90 Å². The van der Waals surface area contributed by atoms with Crippen molar-refractivity contribution < 1.29 is 23.9 Å². The van der Waals surface area contributed by atoms with E-state index in [1.54, 1.807) is 23.1 Å². The fourth-order valence-corrected chi connectivity index (χ4v) is 3.11. The van der Waals surface area contributed by atoms with Gasteiger partial charge in [0.15, 0.2) is 5.76 Å². The average molecular weight is 357 g/mol. The number of rotatable bonds is 5. The number of allylic oxidation sites excluding steroid dienone is 2. The summed E-state index contributed by atoms with van der Waals surface area (Å²) in [4.78, 5) is 37.6. The molecule has 0 N–H and O–H groups in total. The highest BCUT2D eigenvalue weighted by Crippen LogP contribution is 2.38. The standard InChI is InChI=1S/C20H23NO5/c1-13(2)20-19(24)18-15(5-3-6-16(18)26-20)25-12-4-7-17(23)21-10-8-14(22)9-11-21/h3,5-6H,4,7-12H2,1-2H3. The number of carbonyl (C=O) groups is 3. The number of amides is 1. The Labute approximate surface area is 152 Å². The van der Waals surface area contributed by atoms with Crippen molar-refractivity contribution in [2.75, 3.05) is 19.7 Å². The van der Waals surface area contributed by atoms with Crippen molar-refractivity contribution in [2.24, 2.45) is 0 Å². The molecule has 1 fully saturated rings. The molecule has 2 heterocycles. The first-order valence-corrected chi connectivity index (χ1v) is 8.92. The van der Waals surface area contributed by atoms with E-state index < -0.39 is 0 Å². The topological polar surface area (TPSA) is 72.9 Å². The van der Waals surface area contributed by atoms with Crippen molar-refractivity contribution in [3.8, 4) is 11.5 Å². The van der Waals surface area contributed by atoms with Crippen LogP contribution >= 0.6 is 0 Å². The number of carbonyl (C=O) groups excluding carboxylic acids is 3. The molecular formula is C20H23NO5. The van der Waals surface area contributed by atoms with Crippen LogP contribution in [0.5, 0.6) is 11.5 Å². The first-order chi connectivity index (χ1) is 12.5. The number of piperidine rings is 1. The second kappa shape index (κ2) is 7.72. The maximum Gasteiger partial charge on any atom is 0.235 e. The summed E-state index contributed by atoms with van der Waals surface area (Å²) in [5.74, 6) is 1.46. The monoisotopic (exact) mass is 357 g/mol. The van der Waals surface area contributed by atoms with Crippen LogP contribution in [0.1, 0.15) is 49.9 Å². The first-order valence-electron chi connectivity index (χ1n) is 8.92. The van der Waals surface area contributed by atoms with E-state index in [1.165, 1.54) is 0 Å². The number of hydrogen-bond donors (Lipinski definition) is 0. The van der Waals surface area contributed by atoms with Crippen LogP contribution in [0.15, 0.2) is 29.5 Å². The number of Topliss-reactive ketones (excluding diaryl/α,β-unsaturated/α-hetero) is 2. The van der Waals surface area contributed by atoms with Gasteiger partial charge in [-0.05, 0) is 38.0 Å². The Morgan fingerprint density at radius 2 is 1.92 bits per heavy atom. The van der Waals surface area contributed by atoms with E-state index in [2.05, 4.69) is 0 Å². The van der Waals surface area contributed by atoms with Gasteiger partial charge in [-0.3, -0.25) is 14.4 Å².